The summed E-state index contributed by atoms with van der Waals surface area (Å²) in [6.07, 6.45) is 0.875. The monoisotopic (exact) mass is 262 g/mol. The van der Waals surface area contributed by atoms with Gasteiger partial charge in [0.15, 0.2) is 0 Å². The third kappa shape index (κ3) is 3.25. The number of carbonyl (C=O) groups is 1. The minimum absolute atomic E-state index is 0.148. The van der Waals surface area contributed by atoms with E-state index in [0.717, 1.165) is 11.8 Å². The lowest BCUT2D eigenvalue weighted by atomic mass is 10.2. The Labute approximate surface area is 109 Å². The number of hydrogen-bond acceptors (Lipinski definition) is 5. The second kappa shape index (κ2) is 5.90. The summed E-state index contributed by atoms with van der Waals surface area (Å²) in [7, 11) is 1.19. The standard InChI is InChI=1S/C13H11FN2O3/c1-18-13(17)11-15-7-10(14)12(16-11)19-8-9-5-3-2-4-6-9/h2-7H,8H2,1H3. The fourth-order valence-corrected chi connectivity index (χ4v) is 1.37. The summed E-state index contributed by atoms with van der Waals surface area (Å²) in [5.41, 5.74) is 0.861. The van der Waals surface area contributed by atoms with Crippen LogP contribution in [0.15, 0.2) is 36.5 Å². The maximum absolute atomic E-state index is 13.4. The number of carbonyl (C=O) groups excluding carboxylic acids is 1. The van der Waals surface area contributed by atoms with Gasteiger partial charge in [-0.25, -0.2) is 9.78 Å². The maximum Gasteiger partial charge on any atom is 0.376 e. The minimum atomic E-state index is -0.746. The molecular formula is C13H11FN2O3. The van der Waals surface area contributed by atoms with Crippen LogP contribution >= 0.6 is 0 Å². The van der Waals surface area contributed by atoms with E-state index >= 15 is 0 Å². The molecule has 0 saturated carbocycles. The summed E-state index contributed by atoms with van der Waals surface area (Å²) in [5, 5.41) is 0. The Balaban J connectivity index is 2.13. The predicted molar refractivity (Wildman–Crippen MR) is 64.1 cm³/mol. The van der Waals surface area contributed by atoms with Gasteiger partial charge in [0.1, 0.15) is 6.61 Å². The topological polar surface area (TPSA) is 61.3 Å². The average molecular weight is 262 g/mol. The first-order valence-corrected chi connectivity index (χ1v) is 5.48. The van der Waals surface area contributed by atoms with E-state index in [4.69, 9.17) is 4.74 Å². The number of rotatable bonds is 4. The van der Waals surface area contributed by atoms with Gasteiger partial charge in [0.05, 0.1) is 13.3 Å². The highest BCUT2D eigenvalue weighted by Gasteiger charge is 2.14. The van der Waals surface area contributed by atoms with E-state index in [2.05, 4.69) is 14.7 Å². The van der Waals surface area contributed by atoms with Crippen molar-refractivity contribution in [2.75, 3.05) is 7.11 Å². The highest BCUT2D eigenvalue weighted by Crippen LogP contribution is 2.14. The molecule has 2 aromatic rings. The summed E-state index contributed by atoms with van der Waals surface area (Å²) in [6, 6.07) is 9.22. The Bertz CT molecular complexity index is 575. The molecule has 5 nitrogen and oxygen atoms in total. The van der Waals surface area contributed by atoms with Gasteiger partial charge < -0.3 is 9.47 Å². The van der Waals surface area contributed by atoms with Crippen LogP contribution in [0.5, 0.6) is 5.88 Å². The van der Waals surface area contributed by atoms with Gasteiger partial charge >= 0.3 is 5.97 Å². The Morgan fingerprint density at radius 2 is 2.05 bits per heavy atom. The Morgan fingerprint density at radius 1 is 1.32 bits per heavy atom. The molecule has 0 atom stereocenters. The zero-order chi connectivity index (χ0) is 13.7. The molecule has 0 aliphatic carbocycles. The molecule has 0 aliphatic rings. The van der Waals surface area contributed by atoms with Crippen LogP contribution in [0, 0.1) is 5.82 Å². The molecule has 0 aliphatic heterocycles. The molecule has 0 unspecified atom stereocenters. The van der Waals surface area contributed by atoms with Crippen LogP contribution < -0.4 is 4.74 Å². The van der Waals surface area contributed by atoms with Crippen molar-refractivity contribution in [2.45, 2.75) is 6.61 Å². The van der Waals surface area contributed by atoms with Crippen LogP contribution in [-0.4, -0.2) is 23.0 Å². The van der Waals surface area contributed by atoms with E-state index in [0.29, 0.717) is 0 Å². The van der Waals surface area contributed by atoms with Crippen LogP contribution in [0.1, 0.15) is 16.2 Å². The molecule has 0 amide bonds. The quantitative estimate of drug-likeness (QED) is 0.788. The van der Waals surface area contributed by atoms with E-state index in [1.54, 1.807) is 0 Å². The van der Waals surface area contributed by atoms with Gasteiger partial charge in [-0.3, -0.25) is 0 Å². The number of nitrogens with zero attached hydrogens (tertiary/aromatic N) is 2. The van der Waals surface area contributed by atoms with Crippen LogP contribution in [-0.2, 0) is 11.3 Å². The molecule has 0 bridgehead atoms. The van der Waals surface area contributed by atoms with Crippen molar-refractivity contribution in [1.29, 1.82) is 0 Å². The number of halogens is 1. The lowest BCUT2D eigenvalue weighted by Crippen LogP contribution is -2.10. The fourth-order valence-electron chi connectivity index (χ4n) is 1.37. The van der Waals surface area contributed by atoms with Gasteiger partial charge in [-0.15, -0.1) is 0 Å². The van der Waals surface area contributed by atoms with E-state index < -0.39 is 11.8 Å². The van der Waals surface area contributed by atoms with Crippen molar-refractivity contribution in [1.82, 2.24) is 9.97 Å². The molecule has 0 saturated heterocycles. The first-order chi connectivity index (χ1) is 9.20. The van der Waals surface area contributed by atoms with Gasteiger partial charge in [0.2, 0.25) is 11.6 Å². The zero-order valence-corrected chi connectivity index (χ0v) is 10.2. The molecule has 2 rings (SSSR count). The third-order valence-corrected chi connectivity index (χ3v) is 2.30. The second-order valence-electron chi connectivity index (χ2n) is 3.61. The molecular weight excluding hydrogens is 251 g/mol. The van der Waals surface area contributed by atoms with Crippen LogP contribution in [0.4, 0.5) is 4.39 Å². The normalized spacial score (nSPS) is 10.0. The summed E-state index contributed by atoms with van der Waals surface area (Å²) in [6.45, 7) is 0.148. The lowest BCUT2D eigenvalue weighted by molar-refractivity contribution is 0.0584. The van der Waals surface area contributed by atoms with Crippen molar-refractivity contribution in [2.24, 2.45) is 0 Å². The number of esters is 1. The summed E-state index contributed by atoms with van der Waals surface area (Å²) >= 11 is 0. The maximum atomic E-state index is 13.4. The number of hydrogen-bond donors (Lipinski definition) is 0. The van der Waals surface area contributed by atoms with Crippen LogP contribution in [0.25, 0.3) is 0 Å². The molecule has 0 radical (unpaired) electrons. The molecule has 6 heteroatoms. The molecule has 0 N–H and O–H groups in total. The molecule has 1 aromatic heterocycles. The Hall–Kier alpha value is -2.50. The van der Waals surface area contributed by atoms with Gasteiger partial charge in [0, 0.05) is 0 Å². The van der Waals surface area contributed by atoms with Crippen molar-refractivity contribution in [3.05, 3.63) is 53.7 Å². The van der Waals surface area contributed by atoms with E-state index in [9.17, 15) is 9.18 Å². The smallest absolute Gasteiger partial charge is 0.376 e. The minimum Gasteiger partial charge on any atom is -0.471 e. The zero-order valence-electron chi connectivity index (χ0n) is 10.2. The number of ether oxygens (including phenoxy) is 2. The number of methoxy groups -OCH3 is 1. The second-order valence-corrected chi connectivity index (χ2v) is 3.61. The highest BCUT2D eigenvalue weighted by molar-refractivity contribution is 5.85. The summed E-state index contributed by atoms with van der Waals surface area (Å²) < 4.78 is 23.1. The van der Waals surface area contributed by atoms with E-state index in [-0.39, 0.29) is 18.3 Å². The van der Waals surface area contributed by atoms with Crippen molar-refractivity contribution < 1.29 is 18.7 Å². The summed E-state index contributed by atoms with van der Waals surface area (Å²) in [4.78, 5) is 18.4. The molecule has 0 fully saturated rings. The van der Waals surface area contributed by atoms with Gasteiger partial charge in [0.25, 0.3) is 5.88 Å². The molecule has 1 aromatic carbocycles. The van der Waals surface area contributed by atoms with E-state index in [1.165, 1.54) is 7.11 Å². The largest absolute Gasteiger partial charge is 0.471 e. The van der Waals surface area contributed by atoms with Gasteiger partial charge in [-0.1, -0.05) is 30.3 Å². The third-order valence-electron chi connectivity index (χ3n) is 2.30. The van der Waals surface area contributed by atoms with Crippen molar-refractivity contribution >= 4 is 5.97 Å². The molecule has 19 heavy (non-hydrogen) atoms. The van der Waals surface area contributed by atoms with Crippen molar-refractivity contribution in [3.63, 3.8) is 0 Å². The Kier molecular flexibility index (Phi) is 4.02. The first kappa shape index (κ1) is 12.9. The average Bonchev–Trinajstić information content (AvgIpc) is 2.46. The highest BCUT2D eigenvalue weighted by atomic mass is 19.1. The fraction of sp³-hybridized carbons (Fsp3) is 0.154. The predicted octanol–water partition coefficient (Wildman–Crippen LogP) is 1.98. The lowest BCUT2D eigenvalue weighted by Gasteiger charge is -2.06. The van der Waals surface area contributed by atoms with Crippen LogP contribution in [0.2, 0.25) is 0 Å². The summed E-state index contributed by atoms with van der Waals surface area (Å²) in [5.74, 6) is -2.00. The number of benzene rings is 1. The van der Waals surface area contributed by atoms with Gasteiger partial charge in [-0.2, -0.15) is 9.37 Å². The number of aromatic nitrogens is 2. The van der Waals surface area contributed by atoms with Crippen LogP contribution in [0.3, 0.4) is 0 Å². The van der Waals surface area contributed by atoms with Crippen molar-refractivity contribution in [3.8, 4) is 5.88 Å². The SMILES string of the molecule is COC(=O)c1ncc(F)c(OCc2ccccc2)n1. The molecule has 0 spiro atoms. The Morgan fingerprint density at radius 3 is 2.74 bits per heavy atom. The molecule has 98 valence electrons. The van der Waals surface area contributed by atoms with E-state index in [1.807, 2.05) is 30.3 Å². The first-order valence-electron chi connectivity index (χ1n) is 5.48. The molecule has 1 heterocycles. The van der Waals surface area contributed by atoms with Gasteiger partial charge in [-0.05, 0) is 5.56 Å².